The van der Waals surface area contributed by atoms with Crippen LogP contribution in [0.5, 0.6) is 0 Å². The van der Waals surface area contributed by atoms with Gasteiger partial charge in [0.2, 0.25) is 0 Å². The van der Waals surface area contributed by atoms with Gasteiger partial charge < -0.3 is 14.2 Å². The maximum Gasteiger partial charge on any atom is 0.306 e. The molecule has 2 rings (SSSR count). The summed E-state index contributed by atoms with van der Waals surface area (Å²) in [5.41, 5.74) is 1.65. The van der Waals surface area contributed by atoms with Crippen molar-refractivity contribution in [3.8, 4) is 0 Å². The summed E-state index contributed by atoms with van der Waals surface area (Å²) >= 11 is 0. The fourth-order valence-corrected chi connectivity index (χ4v) is 3.82. The van der Waals surface area contributed by atoms with E-state index in [1.54, 1.807) is 7.11 Å². The van der Waals surface area contributed by atoms with Crippen LogP contribution in [0.3, 0.4) is 0 Å². The zero-order valence-corrected chi connectivity index (χ0v) is 16.0. The number of hydrogen-bond acceptors (Lipinski definition) is 5. The minimum Gasteiger partial charge on any atom is -0.469 e. The Bertz CT molecular complexity index is 573. The highest BCUT2D eigenvalue weighted by atomic mass is 16.6. The number of Topliss-reactive ketones (excluding diaryl/α,β-unsaturated/α-hetero) is 1. The van der Waals surface area contributed by atoms with Crippen molar-refractivity contribution in [2.45, 2.75) is 71.2 Å². The molecule has 25 heavy (non-hydrogen) atoms. The molecular weight excluding hydrogens is 320 g/mol. The lowest BCUT2D eigenvalue weighted by molar-refractivity contribution is -0.149. The van der Waals surface area contributed by atoms with E-state index in [-0.39, 0.29) is 30.4 Å². The minimum absolute atomic E-state index is 0.0387. The van der Waals surface area contributed by atoms with Crippen molar-refractivity contribution in [1.82, 2.24) is 0 Å². The third-order valence-corrected chi connectivity index (χ3v) is 5.31. The number of ether oxygens (including phenoxy) is 3. The molecule has 1 saturated carbocycles. The van der Waals surface area contributed by atoms with Gasteiger partial charge in [-0.25, -0.2) is 0 Å². The van der Waals surface area contributed by atoms with Crippen LogP contribution in [0.25, 0.3) is 0 Å². The summed E-state index contributed by atoms with van der Waals surface area (Å²) in [4.78, 5) is 24.8. The first kappa shape index (κ1) is 19.9. The second kappa shape index (κ2) is 8.28. The second-order valence-electron chi connectivity index (χ2n) is 7.44. The lowest BCUT2D eigenvalue weighted by Crippen LogP contribution is -2.45. The Labute approximate surface area is 150 Å². The standard InChI is InChI=1S/C20H30O5/c1-13(2)7-6-8-14(3)9-18-20(12-19(22)24-5)11-16(25-18)15(23-4)10-17(20)21/h7,9,15-16,18H,6,8,10-12H2,1-5H3. The van der Waals surface area contributed by atoms with E-state index in [1.807, 2.05) is 6.08 Å². The summed E-state index contributed by atoms with van der Waals surface area (Å²) in [6.07, 6.45) is 6.18. The number of ketones is 1. The largest absolute Gasteiger partial charge is 0.469 e. The van der Waals surface area contributed by atoms with E-state index in [9.17, 15) is 9.59 Å². The molecule has 140 valence electrons. The Balaban J connectivity index is 2.23. The summed E-state index contributed by atoms with van der Waals surface area (Å²) in [5.74, 6) is -0.328. The highest BCUT2D eigenvalue weighted by Crippen LogP contribution is 2.50. The zero-order chi connectivity index (χ0) is 18.6. The Morgan fingerprint density at radius 2 is 2.04 bits per heavy atom. The van der Waals surface area contributed by atoms with Gasteiger partial charge in [-0.2, -0.15) is 0 Å². The SMILES string of the molecule is COC(=O)CC12CC(OC1C=C(C)CCC=C(C)C)C(OC)CC2=O. The number of rotatable bonds is 7. The Morgan fingerprint density at radius 3 is 2.64 bits per heavy atom. The van der Waals surface area contributed by atoms with E-state index in [1.165, 1.54) is 18.3 Å². The van der Waals surface area contributed by atoms with Crippen LogP contribution in [0, 0.1) is 5.41 Å². The molecule has 0 spiro atoms. The van der Waals surface area contributed by atoms with Gasteiger partial charge in [-0.15, -0.1) is 0 Å². The van der Waals surface area contributed by atoms with E-state index < -0.39 is 11.5 Å². The summed E-state index contributed by atoms with van der Waals surface area (Å²) in [5, 5.41) is 0. The van der Waals surface area contributed by atoms with E-state index in [0.717, 1.165) is 12.8 Å². The fraction of sp³-hybridized carbons (Fsp3) is 0.700. The third-order valence-electron chi connectivity index (χ3n) is 5.31. The smallest absolute Gasteiger partial charge is 0.306 e. The molecule has 4 unspecified atom stereocenters. The summed E-state index contributed by atoms with van der Waals surface area (Å²) < 4.78 is 16.4. The molecule has 0 aromatic rings. The number of hydrogen-bond donors (Lipinski definition) is 0. The van der Waals surface area contributed by atoms with Crippen LogP contribution in [-0.2, 0) is 23.8 Å². The Hall–Kier alpha value is -1.46. The molecule has 5 heteroatoms. The van der Waals surface area contributed by atoms with Crippen molar-refractivity contribution in [1.29, 1.82) is 0 Å². The number of carbonyl (C=O) groups is 2. The van der Waals surface area contributed by atoms with Gasteiger partial charge in [0.15, 0.2) is 0 Å². The van der Waals surface area contributed by atoms with Crippen LogP contribution >= 0.6 is 0 Å². The van der Waals surface area contributed by atoms with E-state index >= 15 is 0 Å². The van der Waals surface area contributed by atoms with Crippen LogP contribution in [-0.4, -0.2) is 44.3 Å². The Kier molecular flexibility index (Phi) is 6.58. The lowest BCUT2D eigenvalue weighted by Gasteiger charge is -2.34. The van der Waals surface area contributed by atoms with Crippen molar-refractivity contribution in [3.63, 3.8) is 0 Å². The topological polar surface area (TPSA) is 61.8 Å². The molecular formula is C20H30O5. The summed E-state index contributed by atoms with van der Waals surface area (Å²) in [6.45, 7) is 6.21. The van der Waals surface area contributed by atoms with Crippen molar-refractivity contribution in [2.24, 2.45) is 5.41 Å². The normalized spacial score (nSPS) is 31.8. The minimum atomic E-state index is -0.815. The third kappa shape index (κ3) is 4.39. The van der Waals surface area contributed by atoms with Gasteiger partial charge in [-0.1, -0.05) is 23.3 Å². The van der Waals surface area contributed by atoms with E-state index in [4.69, 9.17) is 14.2 Å². The highest BCUT2D eigenvalue weighted by molar-refractivity contribution is 5.91. The van der Waals surface area contributed by atoms with Crippen molar-refractivity contribution in [3.05, 3.63) is 23.3 Å². The number of methoxy groups -OCH3 is 2. The predicted molar refractivity (Wildman–Crippen MR) is 95.2 cm³/mol. The molecule has 0 N–H and O–H groups in total. The lowest BCUT2D eigenvalue weighted by atomic mass is 9.67. The molecule has 5 nitrogen and oxygen atoms in total. The number of esters is 1. The van der Waals surface area contributed by atoms with Crippen molar-refractivity contribution >= 4 is 11.8 Å². The number of allylic oxidation sites excluding steroid dienone is 3. The van der Waals surface area contributed by atoms with Gasteiger partial charge in [-0.3, -0.25) is 9.59 Å². The van der Waals surface area contributed by atoms with Gasteiger partial charge in [0.25, 0.3) is 0 Å². The Morgan fingerprint density at radius 1 is 1.32 bits per heavy atom. The maximum absolute atomic E-state index is 12.9. The number of carbonyl (C=O) groups excluding carboxylic acids is 2. The average molecular weight is 350 g/mol. The molecule has 2 bridgehead atoms. The first-order chi connectivity index (χ1) is 11.8. The molecule has 2 aliphatic rings. The molecule has 4 atom stereocenters. The maximum atomic E-state index is 12.9. The summed E-state index contributed by atoms with van der Waals surface area (Å²) in [6, 6.07) is 0. The molecule has 1 heterocycles. The van der Waals surface area contributed by atoms with Gasteiger partial charge >= 0.3 is 5.97 Å². The highest BCUT2D eigenvalue weighted by Gasteiger charge is 2.59. The molecule has 1 saturated heterocycles. The van der Waals surface area contributed by atoms with Crippen molar-refractivity contribution < 1.29 is 23.8 Å². The quantitative estimate of drug-likeness (QED) is 0.520. The zero-order valence-electron chi connectivity index (χ0n) is 16.0. The number of fused-ring (bicyclic) bond motifs is 2. The molecule has 0 aromatic carbocycles. The molecule has 1 aliphatic heterocycles. The van der Waals surface area contributed by atoms with Crippen LogP contribution in [0.4, 0.5) is 0 Å². The second-order valence-corrected chi connectivity index (χ2v) is 7.44. The van der Waals surface area contributed by atoms with Crippen molar-refractivity contribution in [2.75, 3.05) is 14.2 Å². The molecule has 0 aromatic heterocycles. The van der Waals surface area contributed by atoms with Gasteiger partial charge in [0.05, 0.1) is 37.3 Å². The van der Waals surface area contributed by atoms with Crippen LogP contribution in [0.2, 0.25) is 0 Å². The van der Waals surface area contributed by atoms with E-state index in [2.05, 4.69) is 26.8 Å². The predicted octanol–water partition coefficient (Wildman–Crippen LogP) is 3.37. The average Bonchev–Trinajstić information content (AvgIpc) is 2.86. The molecule has 0 radical (unpaired) electrons. The monoisotopic (exact) mass is 350 g/mol. The van der Waals surface area contributed by atoms with Crippen LogP contribution < -0.4 is 0 Å². The van der Waals surface area contributed by atoms with E-state index in [0.29, 0.717) is 12.8 Å². The summed E-state index contributed by atoms with van der Waals surface area (Å²) in [7, 11) is 2.95. The van der Waals surface area contributed by atoms with Crippen LogP contribution in [0.1, 0.15) is 52.9 Å². The first-order valence-corrected chi connectivity index (χ1v) is 8.91. The molecule has 1 aliphatic carbocycles. The fourth-order valence-electron chi connectivity index (χ4n) is 3.82. The molecule has 0 amide bonds. The first-order valence-electron chi connectivity index (χ1n) is 8.91. The molecule has 2 fully saturated rings. The van der Waals surface area contributed by atoms with Crippen LogP contribution in [0.15, 0.2) is 23.3 Å². The van der Waals surface area contributed by atoms with Gasteiger partial charge in [-0.05, 0) is 40.0 Å². The van der Waals surface area contributed by atoms with Gasteiger partial charge in [0.1, 0.15) is 5.78 Å². The van der Waals surface area contributed by atoms with Gasteiger partial charge in [0, 0.05) is 13.5 Å².